The molecule has 0 unspecified atom stereocenters. The third-order valence-corrected chi connectivity index (χ3v) is 5.65. The van der Waals surface area contributed by atoms with Crippen LogP contribution in [0.15, 0.2) is 60.7 Å². The first-order valence-electron chi connectivity index (χ1n) is 8.54. The van der Waals surface area contributed by atoms with Gasteiger partial charge in [-0.25, -0.2) is 0 Å². The number of aryl methyl sites for hydroxylation is 1. The van der Waals surface area contributed by atoms with Crippen LogP contribution in [0.5, 0.6) is 0 Å². The molecule has 0 amide bonds. The van der Waals surface area contributed by atoms with Crippen LogP contribution in [0.4, 0.5) is 0 Å². The molecule has 4 rings (SSSR count). The molecule has 0 aromatic heterocycles. The summed E-state index contributed by atoms with van der Waals surface area (Å²) in [6.07, 6.45) is 3.68. The highest BCUT2D eigenvalue weighted by atomic mass is 35.5. The lowest BCUT2D eigenvalue weighted by atomic mass is 9.70. The van der Waals surface area contributed by atoms with Crippen LogP contribution in [-0.2, 0) is 6.42 Å². The fourth-order valence-electron chi connectivity index (χ4n) is 4.24. The average Bonchev–Trinajstić information content (AvgIpc) is 2.61. The largest absolute Gasteiger partial charge is 0.0843 e. The Morgan fingerprint density at radius 2 is 1.74 bits per heavy atom. The van der Waals surface area contributed by atoms with E-state index >= 15 is 0 Å². The van der Waals surface area contributed by atoms with Crippen LogP contribution in [0.1, 0.15) is 42.4 Å². The number of fused-ring (bicyclic) bond motifs is 3. The van der Waals surface area contributed by atoms with Gasteiger partial charge in [-0.1, -0.05) is 73.5 Å². The Kier molecular flexibility index (Phi) is 3.87. The van der Waals surface area contributed by atoms with Crippen LogP contribution in [-0.4, -0.2) is 0 Å². The zero-order valence-electron chi connectivity index (χ0n) is 13.4. The number of benzene rings is 3. The van der Waals surface area contributed by atoms with E-state index in [9.17, 15) is 0 Å². The van der Waals surface area contributed by atoms with Gasteiger partial charge in [0.15, 0.2) is 0 Å². The lowest BCUT2D eigenvalue weighted by Gasteiger charge is -2.34. The molecule has 2 atom stereocenters. The van der Waals surface area contributed by atoms with Gasteiger partial charge < -0.3 is 0 Å². The van der Waals surface area contributed by atoms with Crippen molar-refractivity contribution in [1.82, 2.24) is 0 Å². The van der Waals surface area contributed by atoms with E-state index in [4.69, 9.17) is 11.6 Å². The van der Waals surface area contributed by atoms with Crippen LogP contribution in [0.25, 0.3) is 10.8 Å². The molecule has 0 N–H and O–H groups in total. The molecule has 0 fully saturated rings. The summed E-state index contributed by atoms with van der Waals surface area (Å²) in [5, 5.41) is 3.60. The van der Waals surface area contributed by atoms with Crippen molar-refractivity contribution >= 4 is 22.4 Å². The number of hydrogen-bond acceptors (Lipinski definition) is 0. The Bertz CT molecular complexity index is 832. The van der Waals surface area contributed by atoms with Crippen molar-refractivity contribution in [3.8, 4) is 0 Å². The minimum absolute atomic E-state index is 0.491. The van der Waals surface area contributed by atoms with Gasteiger partial charge in [-0.3, -0.25) is 0 Å². The molecular formula is C22H21Cl. The van der Waals surface area contributed by atoms with E-state index in [1.165, 1.54) is 41.2 Å². The van der Waals surface area contributed by atoms with Gasteiger partial charge in [0.25, 0.3) is 0 Å². The summed E-state index contributed by atoms with van der Waals surface area (Å²) in [5.74, 6) is 1.20. The maximum atomic E-state index is 6.10. The summed E-state index contributed by atoms with van der Waals surface area (Å²) in [6, 6.07) is 21.9. The Labute approximate surface area is 143 Å². The molecule has 0 radical (unpaired) electrons. The predicted octanol–water partition coefficient (Wildman–Crippen LogP) is 6.60. The van der Waals surface area contributed by atoms with Gasteiger partial charge in [0.1, 0.15) is 0 Å². The summed E-state index contributed by atoms with van der Waals surface area (Å²) in [7, 11) is 0. The van der Waals surface area contributed by atoms with Crippen molar-refractivity contribution in [2.75, 3.05) is 0 Å². The standard InChI is InChI=1S/C22H21Cl/c1-2-15-9-13-20-19-6-4-3-5-16(19)10-14-21(20)22(15)17-7-11-18(23)12-8-17/h3-8,10-12,14-15,22H,2,9,13H2,1H3/t15-,22-/m1/s1. The first kappa shape index (κ1) is 14.8. The number of rotatable bonds is 2. The molecule has 0 aliphatic heterocycles. The van der Waals surface area contributed by atoms with Gasteiger partial charge in [-0.2, -0.15) is 0 Å². The lowest BCUT2D eigenvalue weighted by Crippen LogP contribution is -2.21. The summed E-state index contributed by atoms with van der Waals surface area (Å²) < 4.78 is 0. The van der Waals surface area contributed by atoms with Crippen molar-refractivity contribution < 1.29 is 0 Å². The van der Waals surface area contributed by atoms with Gasteiger partial charge in [0.2, 0.25) is 0 Å². The molecule has 0 heterocycles. The Morgan fingerprint density at radius 1 is 0.957 bits per heavy atom. The zero-order chi connectivity index (χ0) is 15.8. The molecular weight excluding hydrogens is 300 g/mol. The minimum Gasteiger partial charge on any atom is -0.0843 e. The van der Waals surface area contributed by atoms with E-state index in [1.807, 2.05) is 12.1 Å². The van der Waals surface area contributed by atoms with Gasteiger partial charge >= 0.3 is 0 Å². The highest BCUT2D eigenvalue weighted by Gasteiger charge is 2.30. The summed E-state index contributed by atoms with van der Waals surface area (Å²) in [4.78, 5) is 0. The highest BCUT2D eigenvalue weighted by Crippen LogP contribution is 2.44. The van der Waals surface area contributed by atoms with Gasteiger partial charge in [0, 0.05) is 10.9 Å². The maximum Gasteiger partial charge on any atom is 0.0406 e. The van der Waals surface area contributed by atoms with E-state index in [-0.39, 0.29) is 0 Å². The van der Waals surface area contributed by atoms with Crippen LogP contribution in [0.2, 0.25) is 5.02 Å². The van der Waals surface area contributed by atoms with Crippen molar-refractivity contribution in [3.63, 3.8) is 0 Å². The number of halogens is 1. The Hall–Kier alpha value is -1.79. The van der Waals surface area contributed by atoms with Crippen LogP contribution in [0.3, 0.4) is 0 Å². The van der Waals surface area contributed by atoms with Gasteiger partial charge in [-0.15, -0.1) is 0 Å². The van der Waals surface area contributed by atoms with E-state index in [0.717, 1.165) is 5.02 Å². The molecule has 3 aromatic rings. The molecule has 0 spiro atoms. The predicted molar refractivity (Wildman–Crippen MR) is 99.3 cm³/mol. The van der Waals surface area contributed by atoms with E-state index in [1.54, 1.807) is 5.56 Å². The SMILES string of the molecule is CC[C@@H]1CCc2c(ccc3ccccc23)[C@H]1c1ccc(Cl)cc1. The molecule has 116 valence electrons. The minimum atomic E-state index is 0.491. The smallest absolute Gasteiger partial charge is 0.0406 e. The molecule has 0 bridgehead atoms. The first-order valence-corrected chi connectivity index (χ1v) is 8.91. The third-order valence-electron chi connectivity index (χ3n) is 5.40. The highest BCUT2D eigenvalue weighted by molar-refractivity contribution is 6.30. The van der Waals surface area contributed by atoms with E-state index < -0.39 is 0 Å². The van der Waals surface area contributed by atoms with Crippen LogP contribution in [0, 0.1) is 5.92 Å². The van der Waals surface area contributed by atoms with Gasteiger partial charge in [-0.05, 0) is 58.4 Å². The third kappa shape index (κ3) is 2.56. The normalized spacial score (nSPS) is 20.4. The molecule has 3 aromatic carbocycles. The molecule has 23 heavy (non-hydrogen) atoms. The second kappa shape index (κ2) is 6.02. The molecule has 1 aliphatic rings. The second-order valence-corrected chi connectivity index (χ2v) is 7.03. The quantitative estimate of drug-likeness (QED) is 0.499. The van der Waals surface area contributed by atoms with Crippen LogP contribution >= 0.6 is 11.6 Å². The average molecular weight is 321 g/mol. The lowest BCUT2D eigenvalue weighted by molar-refractivity contribution is 0.399. The fourth-order valence-corrected chi connectivity index (χ4v) is 4.36. The molecule has 1 heteroatoms. The van der Waals surface area contributed by atoms with Gasteiger partial charge in [0.05, 0.1) is 0 Å². The zero-order valence-corrected chi connectivity index (χ0v) is 14.2. The molecule has 1 aliphatic carbocycles. The second-order valence-electron chi connectivity index (χ2n) is 6.59. The van der Waals surface area contributed by atoms with E-state index in [0.29, 0.717) is 11.8 Å². The van der Waals surface area contributed by atoms with Crippen LogP contribution < -0.4 is 0 Å². The Morgan fingerprint density at radius 3 is 2.52 bits per heavy atom. The first-order chi connectivity index (χ1) is 11.3. The Balaban J connectivity index is 1.91. The topological polar surface area (TPSA) is 0 Å². The van der Waals surface area contributed by atoms with Crippen molar-refractivity contribution in [2.24, 2.45) is 5.92 Å². The summed E-state index contributed by atoms with van der Waals surface area (Å²) >= 11 is 6.10. The van der Waals surface area contributed by atoms with E-state index in [2.05, 4.69) is 55.5 Å². The van der Waals surface area contributed by atoms with Crippen molar-refractivity contribution in [2.45, 2.75) is 32.1 Å². The molecule has 0 nitrogen and oxygen atoms in total. The molecule has 0 saturated heterocycles. The molecule has 0 saturated carbocycles. The summed E-state index contributed by atoms with van der Waals surface area (Å²) in [6.45, 7) is 2.32. The maximum absolute atomic E-state index is 6.10. The summed E-state index contributed by atoms with van der Waals surface area (Å²) in [5.41, 5.74) is 4.47. The fraction of sp³-hybridized carbons (Fsp3) is 0.273. The monoisotopic (exact) mass is 320 g/mol. The van der Waals surface area contributed by atoms with Crippen molar-refractivity contribution in [3.05, 3.63) is 82.4 Å². The number of hydrogen-bond donors (Lipinski definition) is 0. The van der Waals surface area contributed by atoms with Crippen molar-refractivity contribution in [1.29, 1.82) is 0 Å².